The lowest BCUT2D eigenvalue weighted by molar-refractivity contribution is 0.104. The van der Waals surface area contributed by atoms with Crippen LogP contribution in [0.3, 0.4) is 0 Å². The lowest BCUT2D eigenvalue weighted by atomic mass is 9.85. The molecule has 0 spiro atoms. The zero-order valence-electron chi connectivity index (χ0n) is 20.5. The largest absolute Gasteiger partial charge is 0.289 e. The van der Waals surface area contributed by atoms with E-state index >= 15 is 0 Å². The Kier molecular flexibility index (Phi) is 5.47. The first-order valence-electron chi connectivity index (χ1n) is 12.3. The summed E-state index contributed by atoms with van der Waals surface area (Å²) in [7, 11) is 0. The van der Waals surface area contributed by atoms with Crippen LogP contribution >= 0.6 is 0 Å². The predicted molar refractivity (Wildman–Crippen MR) is 152 cm³/mol. The Morgan fingerprint density at radius 1 is 0.444 bits per heavy atom. The van der Waals surface area contributed by atoms with Crippen molar-refractivity contribution in [2.75, 3.05) is 0 Å². The Hall–Kier alpha value is -4.49. The van der Waals surface area contributed by atoms with Gasteiger partial charge in [0.2, 0.25) is 0 Å². The maximum atomic E-state index is 14.5. The second kappa shape index (κ2) is 8.94. The van der Waals surface area contributed by atoms with E-state index in [-0.39, 0.29) is 5.78 Å². The molecule has 0 aliphatic carbocycles. The lowest BCUT2D eigenvalue weighted by Gasteiger charge is -2.17. The molecule has 6 rings (SSSR count). The third-order valence-electron chi connectivity index (χ3n) is 7.03. The van der Waals surface area contributed by atoms with E-state index in [4.69, 9.17) is 0 Å². The average Bonchev–Trinajstić information content (AvgIpc) is 2.92. The molecule has 0 bridgehead atoms. The van der Waals surface area contributed by atoms with Gasteiger partial charge in [0.15, 0.2) is 5.78 Å². The van der Waals surface area contributed by atoms with E-state index in [0.29, 0.717) is 0 Å². The van der Waals surface area contributed by atoms with Gasteiger partial charge in [-0.15, -0.1) is 0 Å². The maximum absolute atomic E-state index is 14.5. The second-order valence-electron chi connectivity index (χ2n) is 9.48. The fraction of sp³-hybridized carbons (Fsp3) is 0.0571. The summed E-state index contributed by atoms with van der Waals surface area (Å²) in [5, 5.41) is 4.43. The molecule has 1 heteroatoms. The van der Waals surface area contributed by atoms with E-state index < -0.39 is 0 Å². The van der Waals surface area contributed by atoms with Crippen LogP contribution in [0.5, 0.6) is 0 Å². The van der Waals surface area contributed by atoms with Gasteiger partial charge in [-0.05, 0) is 58.7 Å². The fourth-order valence-corrected chi connectivity index (χ4v) is 5.13. The van der Waals surface area contributed by atoms with Crippen molar-refractivity contribution in [3.05, 3.63) is 144 Å². The summed E-state index contributed by atoms with van der Waals surface area (Å²) in [6, 6.07) is 41.6. The molecule has 0 N–H and O–H groups in total. The van der Waals surface area contributed by atoms with Gasteiger partial charge in [0, 0.05) is 22.3 Å². The number of carbonyl (C=O) groups excluding carboxylic acids is 1. The molecule has 0 saturated heterocycles. The highest BCUT2D eigenvalue weighted by Gasteiger charge is 2.22. The van der Waals surface area contributed by atoms with Gasteiger partial charge in [-0.2, -0.15) is 0 Å². The molecule has 6 aromatic rings. The molecule has 0 unspecified atom stereocenters. The normalized spacial score (nSPS) is 11.2. The van der Waals surface area contributed by atoms with Crippen LogP contribution < -0.4 is 0 Å². The first-order valence-corrected chi connectivity index (χ1v) is 12.3. The number of rotatable bonds is 4. The molecule has 6 aromatic carbocycles. The van der Waals surface area contributed by atoms with E-state index in [9.17, 15) is 4.79 Å². The molecule has 0 aromatic heterocycles. The average molecular weight is 463 g/mol. The van der Waals surface area contributed by atoms with Crippen LogP contribution in [0.15, 0.2) is 121 Å². The summed E-state index contributed by atoms with van der Waals surface area (Å²) < 4.78 is 0. The molecule has 0 atom stereocenters. The molecule has 0 heterocycles. The number of hydrogen-bond donors (Lipinski definition) is 0. The zero-order chi connectivity index (χ0) is 24.6. The first-order chi connectivity index (χ1) is 17.6. The predicted octanol–water partition coefficient (Wildman–Crippen LogP) is 9.17. The fourth-order valence-electron chi connectivity index (χ4n) is 5.13. The summed E-state index contributed by atoms with van der Waals surface area (Å²) in [4.78, 5) is 14.5. The van der Waals surface area contributed by atoms with Crippen molar-refractivity contribution in [1.29, 1.82) is 0 Å². The molecule has 1 nitrogen and oxygen atoms in total. The lowest BCUT2D eigenvalue weighted by Crippen LogP contribution is -2.07. The van der Waals surface area contributed by atoms with Crippen LogP contribution in [0.2, 0.25) is 0 Å². The Labute approximate surface area is 211 Å². The van der Waals surface area contributed by atoms with Gasteiger partial charge in [-0.1, -0.05) is 120 Å². The van der Waals surface area contributed by atoms with Crippen molar-refractivity contribution in [2.45, 2.75) is 13.8 Å². The quantitative estimate of drug-likeness (QED) is 0.239. The minimum absolute atomic E-state index is 0.0395. The standard InChI is InChI=1S/C35H26O/c1-23-11-15-27(16-12-23)33-29-9-5-3-7-25(29)19-21-31(33)35(36)32-22-20-26-8-4-6-10-30(26)34(32)28-17-13-24(2)14-18-28/h3-22H,1-2H3. The molecule has 172 valence electrons. The van der Waals surface area contributed by atoms with Crippen molar-refractivity contribution in [3.8, 4) is 22.3 Å². The maximum Gasteiger partial charge on any atom is 0.194 e. The van der Waals surface area contributed by atoms with Gasteiger partial charge < -0.3 is 0 Å². The molecule has 0 saturated carbocycles. The van der Waals surface area contributed by atoms with Crippen molar-refractivity contribution in [3.63, 3.8) is 0 Å². The smallest absolute Gasteiger partial charge is 0.194 e. The Morgan fingerprint density at radius 3 is 1.25 bits per heavy atom. The third-order valence-corrected chi connectivity index (χ3v) is 7.03. The van der Waals surface area contributed by atoms with Gasteiger partial charge in [0.05, 0.1) is 0 Å². The molecular weight excluding hydrogens is 436 g/mol. The van der Waals surface area contributed by atoms with Gasteiger partial charge in [0.1, 0.15) is 0 Å². The molecule has 36 heavy (non-hydrogen) atoms. The van der Waals surface area contributed by atoms with Gasteiger partial charge >= 0.3 is 0 Å². The molecule has 0 radical (unpaired) electrons. The highest BCUT2D eigenvalue weighted by Crippen LogP contribution is 2.38. The topological polar surface area (TPSA) is 17.1 Å². The monoisotopic (exact) mass is 462 g/mol. The van der Waals surface area contributed by atoms with E-state index in [2.05, 4.69) is 98.8 Å². The number of benzene rings is 6. The van der Waals surface area contributed by atoms with Crippen molar-refractivity contribution in [2.24, 2.45) is 0 Å². The minimum atomic E-state index is 0.0395. The summed E-state index contributed by atoms with van der Waals surface area (Å²) >= 11 is 0. The highest BCUT2D eigenvalue weighted by atomic mass is 16.1. The Bertz CT molecular complexity index is 1610. The van der Waals surface area contributed by atoms with Crippen LogP contribution in [0.4, 0.5) is 0 Å². The van der Waals surface area contributed by atoms with Crippen molar-refractivity contribution >= 4 is 27.3 Å². The summed E-state index contributed by atoms with van der Waals surface area (Å²) in [5.41, 5.74) is 7.92. The third kappa shape index (κ3) is 3.79. The zero-order valence-corrected chi connectivity index (χ0v) is 20.5. The number of hydrogen-bond acceptors (Lipinski definition) is 1. The van der Waals surface area contributed by atoms with Crippen molar-refractivity contribution in [1.82, 2.24) is 0 Å². The van der Waals surface area contributed by atoms with E-state index in [1.807, 2.05) is 36.4 Å². The highest BCUT2D eigenvalue weighted by molar-refractivity contribution is 6.22. The molecule has 0 aliphatic rings. The number of aryl methyl sites for hydroxylation is 2. The Balaban J connectivity index is 1.64. The summed E-state index contributed by atoms with van der Waals surface area (Å²) in [6.07, 6.45) is 0. The van der Waals surface area contributed by atoms with E-state index in [0.717, 1.165) is 54.9 Å². The molecule has 0 aliphatic heterocycles. The van der Waals surface area contributed by atoms with Crippen LogP contribution in [0, 0.1) is 13.8 Å². The SMILES string of the molecule is Cc1ccc(-c2c(C(=O)c3ccc4ccccc4c3-c3ccc(C)cc3)ccc3ccccc23)cc1. The van der Waals surface area contributed by atoms with Crippen LogP contribution in [-0.2, 0) is 0 Å². The van der Waals surface area contributed by atoms with Gasteiger partial charge in [0.25, 0.3) is 0 Å². The molecular formula is C35H26O. The minimum Gasteiger partial charge on any atom is -0.289 e. The van der Waals surface area contributed by atoms with E-state index in [1.54, 1.807) is 0 Å². The van der Waals surface area contributed by atoms with Crippen LogP contribution in [0.25, 0.3) is 43.8 Å². The molecule has 0 amide bonds. The van der Waals surface area contributed by atoms with Crippen LogP contribution in [0.1, 0.15) is 27.0 Å². The van der Waals surface area contributed by atoms with Gasteiger partial charge in [-0.25, -0.2) is 0 Å². The first kappa shape index (κ1) is 22.0. The van der Waals surface area contributed by atoms with Gasteiger partial charge in [-0.3, -0.25) is 4.79 Å². The Morgan fingerprint density at radius 2 is 0.833 bits per heavy atom. The number of fused-ring (bicyclic) bond motifs is 2. The number of ketones is 1. The van der Waals surface area contributed by atoms with E-state index in [1.165, 1.54) is 11.1 Å². The molecule has 0 fully saturated rings. The van der Waals surface area contributed by atoms with Crippen molar-refractivity contribution < 1.29 is 4.79 Å². The summed E-state index contributed by atoms with van der Waals surface area (Å²) in [5.74, 6) is 0.0395. The van der Waals surface area contributed by atoms with Crippen LogP contribution in [-0.4, -0.2) is 5.78 Å². The number of carbonyl (C=O) groups is 1. The second-order valence-corrected chi connectivity index (χ2v) is 9.48. The summed E-state index contributed by atoms with van der Waals surface area (Å²) in [6.45, 7) is 4.17.